The first-order valence-electron chi connectivity index (χ1n) is 13.2. The number of ether oxygens (including phenoxy) is 3. The number of anilines is 2. The molecule has 0 N–H and O–H groups in total. The van der Waals surface area contributed by atoms with Crippen molar-refractivity contribution in [2.75, 3.05) is 55.9 Å². The van der Waals surface area contributed by atoms with E-state index in [1.165, 1.54) is 5.01 Å². The summed E-state index contributed by atoms with van der Waals surface area (Å²) >= 11 is 3.70. The number of nitrogens with zero attached hydrogens (tertiary/aromatic N) is 5. The first-order chi connectivity index (χ1) is 17.7. The van der Waals surface area contributed by atoms with E-state index >= 15 is 0 Å². The molecule has 3 aliphatic rings. The van der Waals surface area contributed by atoms with Crippen molar-refractivity contribution in [1.82, 2.24) is 9.91 Å². The van der Waals surface area contributed by atoms with Crippen LogP contribution in [0.3, 0.4) is 0 Å². The molecule has 210 valence electrons. The minimum absolute atomic E-state index is 0.106. The molecule has 0 radical (unpaired) electrons. The summed E-state index contributed by atoms with van der Waals surface area (Å²) in [5.74, 6) is 1.28. The molecular formula is C26H40BrN5O5Si. The van der Waals surface area contributed by atoms with E-state index in [1.54, 1.807) is 4.90 Å². The van der Waals surface area contributed by atoms with E-state index in [0.29, 0.717) is 44.4 Å². The highest BCUT2D eigenvalue weighted by Crippen LogP contribution is 2.43. The number of carbonyl (C=O) groups excluding carboxylic acids is 2. The molecule has 0 spiro atoms. The van der Waals surface area contributed by atoms with Crippen molar-refractivity contribution in [2.45, 2.75) is 65.0 Å². The molecule has 0 bridgehead atoms. The fourth-order valence-corrected chi connectivity index (χ4v) is 5.86. The molecule has 1 aromatic rings. The molecular weight excluding hydrogens is 570 g/mol. The number of amides is 2. The van der Waals surface area contributed by atoms with Crippen molar-refractivity contribution in [3.63, 3.8) is 0 Å². The lowest BCUT2D eigenvalue weighted by atomic mass is 10.1. The van der Waals surface area contributed by atoms with Gasteiger partial charge in [-0.3, -0.25) is 4.79 Å². The maximum absolute atomic E-state index is 13.2. The van der Waals surface area contributed by atoms with Crippen LogP contribution >= 0.6 is 15.9 Å². The number of fused-ring (bicyclic) bond motifs is 3. The Balaban J connectivity index is 1.48. The summed E-state index contributed by atoms with van der Waals surface area (Å²) < 4.78 is 18.3. The second-order valence-electron chi connectivity index (χ2n) is 12.2. The Morgan fingerprint density at radius 1 is 1.16 bits per heavy atom. The van der Waals surface area contributed by atoms with E-state index < -0.39 is 19.7 Å². The van der Waals surface area contributed by atoms with Crippen LogP contribution in [0.25, 0.3) is 0 Å². The summed E-state index contributed by atoms with van der Waals surface area (Å²) in [5, 5.41) is 6.02. The van der Waals surface area contributed by atoms with Gasteiger partial charge in [0.1, 0.15) is 30.7 Å². The number of rotatable bonds is 6. The Hall–Kier alpha value is -2.31. The highest BCUT2D eigenvalue weighted by atomic mass is 79.9. The fourth-order valence-electron chi connectivity index (χ4n) is 4.53. The largest absolute Gasteiger partial charge is 0.483 e. The number of halogens is 1. The SMILES string of the molecule is CC1C(=O)N(COCC[Si](C)(C)C)N=C2COc3cc(Br)c(N4CCN(C(=O)OC(C)(C)C)CC4)cc3N21. The van der Waals surface area contributed by atoms with Crippen LogP contribution in [-0.2, 0) is 14.3 Å². The van der Waals surface area contributed by atoms with Crippen molar-refractivity contribution >= 4 is 53.2 Å². The van der Waals surface area contributed by atoms with Gasteiger partial charge in [0.25, 0.3) is 5.91 Å². The van der Waals surface area contributed by atoms with Gasteiger partial charge in [0.2, 0.25) is 0 Å². The normalized spacial score (nSPS) is 20.1. The quantitative estimate of drug-likeness (QED) is 0.345. The molecule has 4 rings (SSSR count). The van der Waals surface area contributed by atoms with Crippen LogP contribution in [-0.4, -0.2) is 93.6 Å². The minimum atomic E-state index is -1.21. The van der Waals surface area contributed by atoms with Crippen molar-refractivity contribution in [2.24, 2.45) is 5.10 Å². The first-order valence-corrected chi connectivity index (χ1v) is 17.7. The molecule has 1 atom stereocenters. The van der Waals surface area contributed by atoms with Gasteiger partial charge in [-0.15, -0.1) is 0 Å². The molecule has 0 aromatic heterocycles. The number of benzene rings is 1. The van der Waals surface area contributed by atoms with E-state index in [9.17, 15) is 9.59 Å². The number of hydrogen-bond acceptors (Lipinski definition) is 8. The zero-order valence-electron chi connectivity index (χ0n) is 23.5. The molecule has 3 aliphatic heterocycles. The van der Waals surface area contributed by atoms with Crippen LogP contribution in [0.2, 0.25) is 25.7 Å². The maximum atomic E-state index is 13.2. The number of hydrazone groups is 1. The van der Waals surface area contributed by atoms with Gasteiger partial charge in [-0.1, -0.05) is 19.6 Å². The molecule has 0 saturated carbocycles. The van der Waals surface area contributed by atoms with Crippen LogP contribution in [0.1, 0.15) is 27.7 Å². The molecule has 0 aliphatic carbocycles. The van der Waals surface area contributed by atoms with Gasteiger partial charge < -0.3 is 28.9 Å². The van der Waals surface area contributed by atoms with E-state index in [2.05, 4.69) is 45.6 Å². The predicted molar refractivity (Wildman–Crippen MR) is 155 cm³/mol. The zero-order chi connectivity index (χ0) is 27.8. The fraction of sp³-hybridized carbons (Fsp3) is 0.654. The first kappa shape index (κ1) is 28.7. The lowest BCUT2D eigenvalue weighted by Crippen LogP contribution is -2.57. The van der Waals surface area contributed by atoms with E-state index in [1.807, 2.05) is 44.7 Å². The van der Waals surface area contributed by atoms with Crippen molar-refractivity contribution in [3.05, 3.63) is 16.6 Å². The number of amidine groups is 1. The predicted octanol–water partition coefficient (Wildman–Crippen LogP) is 4.56. The Morgan fingerprint density at radius 3 is 2.47 bits per heavy atom. The van der Waals surface area contributed by atoms with Crippen LogP contribution < -0.4 is 14.5 Å². The van der Waals surface area contributed by atoms with Crippen molar-refractivity contribution in [3.8, 4) is 5.75 Å². The summed E-state index contributed by atoms with van der Waals surface area (Å²) in [7, 11) is -1.21. The topological polar surface area (TPSA) is 87.2 Å². The van der Waals surface area contributed by atoms with Gasteiger partial charge in [-0.25, -0.2) is 9.80 Å². The maximum Gasteiger partial charge on any atom is 0.410 e. The van der Waals surface area contributed by atoms with E-state index in [0.717, 1.165) is 21.9 Å². The number of hydrogen-bond donors (Lipinski definition) is 0. The van der Waals surface area contributed by atoms with E-state index in [4.69, 9.17) is 14.2 Å². The summed E-state index contributed by atoms with van der Waals surface area (Å²) in [6.45, 7) is 17.9. The van der Waals surface area contributed by atoms with Gasteiger partial charge >= 0.3 is 6.09 Å². The Labute approximate surface area is 235 Å². The smallest absolute Gasteiger partial charge is 0.410 e. The summed E-state index contributed by atoms with van der Waals surface area (Å²) in [6.07, 6.45) is -0.287. The lowest BCUT2D eigenvalue weighted by molar-refractivity contribution is -0.138. The lowest BCUT2D eigenvalue weighted by Gasteiger charge is -2.42. The summed E-state index contributed by atoms with van der Waals surface area (Å²) in [5.41, 5.74) is 1.27. The van der Waals surface area contributed by atoms with E-state index in [-0.39, 0.29) is 25.3 Å². The van der Waals surface area contributed by atoms with Gasteiger partial charge in [0.05, 0.1) is 11.4 Å². The third-order valence-electron chi connectivity index (χ3n) is 6.64. The molecule has 1 fully saturated rings. The van der Waals surface area contributed by atoms with Gasteiger partial charge in [-0.05, 0) is 61.8 Å². The highest BCUT2D eigenvalue weighted by molar-refractivity contribution is 9.10. The standard InChI is InChI=1S/C26H40BrN5O5Si/c1-18-24(33)31(17-35-12-13-38(5,6)7)28-23-16-36-22-14-19(27)20(15-21(22)32(18)23)29-8-10-30(11-9-29)25(34)37-26(2,3)4/h14-15,18H,8-13,16-17H2,1-7H3. The monoisotopic (exact) mass is 609 g/mol. The van der Waals surface area contributed by atoms with Crippen molar-refractivity contribution in [1.29, 1.82) is 0 Å². The molecule has 3 heterocycles. The third kappa shape index (κ3) is 6.63. The number of piperazine rings is 1. The van der Waals surface area contributed by atoms with Crippen LogP contribution in [0.4, 0.5) is 16.2 Å². The average molecular weight is 611 g/mol. The molecule has 1 aromatic carbocycles. The van der Waals surface area contributed by atoms with Crippen LogP contribution in [0, 0.1) is 0 Å². The second-order valence-corrected chi connectivity index (χ2v) is 18.6. The van der Waals surface area contributed by atoms with Crippen LogP contribution in [0.15, 0.2) is 21.7 Å². The van der Waals surface area contributed by atoms with Crippen LogP contribution in [0.5, 0.6) is 5.75 Å². The Bertz CT molecular complexity index is 1090. The molecule has 10 nitrogen and oxygen atoms in total. The summed E-state index contributed by atoms with van der Waals surface area (Å²) in [4.78, 5) is 31.7. The van der Waals surface area contributed by atoms with Gasteiger partial charge in [0.15, 0.2) is 5.84 Å². The average Bonchev–Trinajstić information content (AvgIpc) is 2.82. The number of carbonyl (C=O) groups is 2. The molecule has 1 saturated heterocycles. The summed E-state index contributed by atoms with van der Waals surface area (Å²) in [6, 6.07) is 4.59. The van der Waals surface area contributed by atoms with Gasteiger partial charge in [0, 0.05) is 45.3 Å². The molecule has 1 unspecified atom stereocenters. The Morgan fingerprint density at radius 2 is 1.84 bits per heavy atom. The van der Waals surface area contributed by atoms with Crippen molar-refractivity contribution < 1.29 is 23.8 Å². The highest BCUT2D eigenvalue weighted by Gasteiger charge is 2.39. The molecule has 12 heteroatoms. The minimum Gasteiger partial charge on any atom is -0.483 e. The third-order valence-corrected chi connectivity index (χ3v) is 8.98. The molecule has 2 amide bonds. The van der Waals surface area contributed by atoms with Gasteiger partial charge in [-0.2, -0.15) is 5.10 Å². The second kappa shape index (κ2) is 11.0. The Kier molecular flexibility index (Phi) is 8.34. The molecule has 38 heavy (non-hydrogen) atoms. The zero-order valence-corrected chi connectivity index (χ0v) is 26.1.